The quantitative estimate of drug-likeness (QED) is 0.886. The van der Waals surface area contributed by atoms with Crippen molar-refractivity contribution in [3.8, 4) is 0 Å². The molecular weight excluding hydrogens is 298 g/mol. The van der Waals surface area contributed by atoms with Crippen molar-refractivity contribution in [3.63, 3.8) is 0 Å². The lowest BCUT2D eigenvalue weighted by atomic mass is 10.1. The minimum absolute atomic E-state index is 0.0270. The van der Waals surface area contributed by atoms with Crippen molar-refractivity contribution in [2.75, 3.05) is 13.2 Å². The van der Waals surface area contributed by atoms with E-state index >= 15 is 0 Å². The molecule has 0 radical (unpaired) electrons. The molecule has 23 heavy (non-hydrogen) atoms. The number of carbonyl (C=O) groups is 3. The SMILES string of the molecule is CC(C)(C)NC(=O)NC(CN1C(=O)COC1=O)c1ccccc1. The summed E-state index contributed by atoms with van der Waals surface area (Å²) >= 11 is 0. The van der Waals surface area contributed by atoms with E-state index in [0.29, 0.717) is 0 Å². The second-order valence-corrected chi connectivity index (χ2v) is 6.37. The summed E-state index contributed by atoms with van der Waals surface area (Å²) in [4.78, 5) is 36.5. The maximum atomic E-state index is 12.1. The number of rotatable bonds is 4. The molecule has 0 aliphatic carbocycles. The van der Waals surface area contributed by atoms with E-state index in [-0.39, 0.29) is 19.2 Å². The van der Waals surface area contributed by atoms with E-state index in [0.717, 1.165) is 10.5 Å². The van der Waals surface area contributed by atoms with Gasteiger partial charge >= 0.3 is 12.1 Å². The number of urea groups is 1. The van der Waals surface area contributed by atoms with Crippen molar-refractivity contribution in [2.45, 2.75) is 32.4 Å². The van der Waals surface area contributed by atoms with Crippen molar-refractivity contribution >= 4 is 18.0 Å². The van der Waals surface area contributed by atoms with E-state index in [1.165, 1.54) is 0 Å². The van der Waals surface area contributed by atoms with Gasteiger partial charge in [-0.15, -0.1) is 0 Å². The largest absolute Gasteiger partial charge is 0.439 e. The number of hydrogen-bond donors (Lipinski definition) is 2. The number of imide groups is 1. The fraction of sp³-hybridized carbons (Fsp3) is 0.438. The lowest BCUT2D eigenvalue weighted by Crippen LogP contribution is -2.49. The summed E-state index contributed by atoms with van der Waals surface area (Å²) in [6.07, 6.45) is -0.686. The maximum absolute atomic E-state index is 12.1. The van der Waals surface area contributed by atoms with Crippen LogP contribution in [-0.2, 0) is 9.53 Å². The highest BCUT2D eigenvalue weighted by molar-refractivity contribution is 5.97. The Bertz CT molecular complexity index is 579. The van der Waals surface area contributed by atoms with Crippen molar-refractivity contribution in [2.24, 2.45) is 0 Å². The average Bonchev–Trinajstić information content (AvgIpc) is 2.77. The number of benzene rings is 1. The second-order valence-electron chi connectivity index (χ2n) is 6.37. The van der Waals surface area contributed by atoms with Crippen LogP contribution in [0.3, 0.4) is 0 Å². The standard InChI is InChI=1S/C16H21N3O4/c1-16(2,3)18-14(21)17-12(11-7-5-4-6-8-11)9-19-13(20)10-23-15(19)22/h4-8,12H,9-10H2,1-3H3,(H2,17,18,21). The summed E-state index contributed by atoms with van der Waals surface area (Å²) < 4.78 is 4.71. The lowest BCUT2D eigenvalue weighted by molar-refractivity contribution is -0.126. The maximum Gasteiger partial charge on any atom is 0.417 e. The van der Waals surface area contributed by atoms with E-state index in [9.17, 15) is 14.4 Å². The number of carbonyl (C=O) groups excluding carboxylic acids is 3. The molecule has 7 nitrogen and oxygen atoms in total. The topological polar surface area (TPSA) is 87.7 Å². The molecule has 1 aliphatic rings. The average molecular weight is 319 g/mol. The molecule has 1 fully saturated rings. The van der Waals surface area contributed by atoms with Gasteiger partial charge in [0.1, 0.15) is 0 Å². The molecule has 0 bridgehead atoms. The zero-order valence-electron chi connectivity index (χ0n) is 13.5. The van der Waals surface area contributed by atoms with Gasteiger partial charge < -0.3 is 15.4 Å². The number of amides is 4. The Kier molecular flexibility index (Phi) is 4.88. The highest BCUT2D eigenvalue weighted by atomic mass is 16.6. The van der Waals surface area contributed by atoms with Gasteiger partial charge in [0.25, 0.3) is 5.91 Å². The van der Waals surface area contributed by atoms with Crippen molar-refractivity contribution in [1.82, 2.24) is 15.5 Å². The van der Waals surface area contributed by atoms with Crippen LogP contribution in [0, 0.1) is 0 Å². The van der Waals surface area contributed by atoms with Gasteiger partial charge in [0.05, 0.1) is 12.6 Å². The van der Waals surface area contributed by atoms with Gasteiger partial charge in [-0.2, -0.15) is 0 Å². The zero-order chi connectivity index (χ0) is 17.0. The fourth-order valence-electron chi connectivity index (χ4n) is 2.19. The minimum atomic E-state index is -0.686. The molecule has 124 valence electrons. The zero-order valence-corrected chi connectivity index (χ0v) is 13.5. The number of nitrogens with one attached hydrogen (secondary N) is 2. The molecule has 1 heterocycles. The first-order valence-electron chi connectivity index (χ1n) is 7.37. The van der Waals surface area contributed by atoms with Crippen molar-refractivity contribution < 1.29 is 19.1 Å². The minimum Gasteiger partial charge on any atom is -0.439 e. The number of hydrogen-bond acceptors (Lipinski definition) is 4. The number of cyclic esters (lactones) is 1. The Balaban J connectivity index is 2.14. The van der Waals surface area contributed by atoms with Crippen LogP contribution in [0.4, 0.5) is 9.59 Å². The predicted molar refractivity (Wildman–Crippen MR) is 83.7 cm³/mol. The lowest BCUT2D eigenvalue weighted by Gasteiger charge is -2.26. The highest BCUT2D eigenvalue weighted by Gasteiger charge is 2.34. The van der Waals surface area contributed by atoms with Crippen molar-refractivity contribution in [1.29, 1.82) is 0 Å². The van der Waals surface area contributed by atoms with Gasteiger partial charge in [-0.1, -0.05) is 30.3 Å². The van der Waals surface area contributed by atoms with Crippen LogP contribution in [0.15, 0.2) is 30.3 Å². The van der Waals surface area contributed by atoms with Crippen LogP contribution >= 0.6 is 0 Å². The molecule has 2 rings (SSSR count). The second kappa shape index (κ2) is 6.68. The van der Waals surface area contributed by atoms with E-state index in [2.05, 4.69) is 10.6 Å². The first-order valence-corrected chi connectivity index (χ1v) is 7.37. The van der Waals surface area contributed by atoms with E-state index in [1.54, 1.807) is 0 Å². The number of ether oxygens (including phenoxy) is 1. The van der Waals surface area contributed by atoms with Gasteiger partial charge in [-0.25, -0.2) is 14.5 Å². The molecule has 1 aromatic carbocycles. The predicted octanol–water partition coefficient (Wildman–Crippen LogP) is 1.80. The van der Waals surface area contributed by atoms with Crippen molar-refractivity contribution in [3.05, 3.63) is 35.9 Å². The third-order valence-corrected chi connectivity index (χ3v) is 3.20. The van der Waals surface area contributed by atoms with Gasteiger partial charge in [0.2, 0.25) is 0 Å². The van der Waals surface area contributed by atoms with Crippen LogP contribution < -0.4 is 10.6 Å². The molecular formula is C16H21N3O4. The Morgan fingerprint density at radius 3 is 2.43 bits per heavy atom. The van der Waals surface area contributed by atoms with Crippen LogP contribution in [0.25, 0.3) is 0 Å². The van der Waals surface area contributed by atoms with Crippen LogP contribution in [-0.4, -0.2) is 41.6 Å². The van der Waals surface area contributed by atoms with Gasteiger partial charge in [0, 0.05) is 5.54 Å². The molecule has 7 heteroatoms. The van der Waals surface area contributed by atoms with E-state index < -0.39 is 23.6 Å². The molecule has 0 aromatic heterocycles. The van der Waals surface area contributed by atoms with E-state index in [1.807, 2.05) is 51.1 Å². The number of nitrogens with zero attached hydrogens (tertiary/aromatic N) is 1. The first-order chi connectivity index (χ1) is 10.8. The first kappa shape index (κ1) is 16.8. The molecule has 1 aromatic rings. The monoisotopic (exact) mass is 319 g/mol. The molecule has 0 saturated carbocycles. The smallest absolute Gasteiger partial charge is 0.417 e. The molecule has 1 aliphatic heterocycles. The third kappa shape index (κ3) is 4.70. The van der Waals surface area contributed by atoms with Crippen LogP contribution in [0.2, 0.25) is 0 Å². The summed E-state index contributed by atoms with van der Waals surface area (Å²) in [5.41, 5.74) is 0.400. The summed E-state index contributed by atoms with van der Waals surface area (Å²) in [5, 5.41) is 5.60. The molecule has 1 saturated heterocycles. The molecule has 2 N–H and O–H groups in total. The Hall–Kier alpha value is -2.57. The molecule has 0 spiro atoms. The Labute approximate surface area is 135 Å². The van der Waals surface area contributed by atoms with Crippen LogP contribution in [0.1, 0.15) is 32.4 Å². The molecule has 4 amide bonds. The van der Waals surface area contributed by atoms with Gasteiger partial charge in [0.15, 0.2) is 6.61 Å². The summed E-state index contributed by atoms with van der Waals surface area (Å²) in [5.74, 6) is -0.408. The third-order valence-electron chi connectivity index (χ3n) is 3.20. The summed E-state index contributed by atoms with van der Waals surface area (Å²) in [7, 11) is 0. The van der Waals surface area contributed by atoms with Gasteiger partial charge in [-0.05, 0) is 26.3 Å². The summed E-state index contributed by atoms with van der Waals surface area (Å²) in [6, 6.07) is 8.28. The molecule has 1 unspecified atom stereocenters. The highest BCUT2D eigenvalue weighted by Crippen LogP contribution is 2.17. The fourth-order valence-corrected chi connectivity index (χ4v) is 2.19. The Morgan fingerprint density at radius 1 is 1.26 bits per heavy atom. The Morgan fingerprint density at radius 2 is 1.91 bits per heavy atom. The molecule has 1 atom stereocenters. The summed E-state index contributed by atoms with van der Waals surface area (Å²) in [6.45, 7) is 5.37. The van der Waals surface area contributed by atoms with Crippen LogP contribution in [0.5, 0.6) is 0 Å². The van der Waals surface area contributed by atoms with Gasteiger partial charge in [-0.3, -0.25) is 4.79 Å². The normalized spacial score (nSPS) is 16.0. The van der Waals surface area contributed by atoms with E-state index in [4.69, 9.17) is 4.74 Å².